The molecule has 2 rings (SSSR count). The van der Waals surface area contributed by atoms with Crippen molar-refractivity contribution in [1.82, 2.24) is 19.7 Å². The largest absolute Gasteiger partial charge is 0.464 e. The Bertz CT molecular complexity index is 582. The fourth-order valence-corrected chi connectivity index (χ4v) is 2.26. The number of carbonyl (C=O) groups excluding carboxylic acids is 1. The van der Waals surface area contributed by atoms with E-state index in [1.165, 1.54) is 25.1 Å². The van der Waals surface area contributed by atoms with Crippen molar-refractivity contribution < 1.29 is 9.53 Å². The Morgan fingerprint density at radius 2 is 2.22 bits per heavy atom. The highest BCUT2D eigenvalue weighted by atomic mass is 32.2. The molecule has 0 saturated carbocycles. The molecule has 0 aliphatic carbocycles. The fourth-order valence-electron chi connectivity index (χ4n) is 1.39. The van der Waals surface area contributed by atoms with Crippen LogP contribution in [0.2, 0.25) is 0 Å². The van der Waals surface area contributed by atoms with Gasteiger partial charge in [-0.1, -0.05) is 0 Å². The second-order valence-corrected chi connectivity index (χ2v) is 4.62. The van der Waals surface area contributed by atoms with Gasteiger partial charge in [0.25, 0.3) is 0 Å². The van der Waals surface area contributed by atoms with Gasteiger partial charge in [-0.2, -0.15) is 5.10 Å². The smallest absolute Gasteiger partial charge is 0.358 e. The molecule has 0 unspecified atom stereocenters. The van der Waals surface area contributed by atoms with Gasteiger partial charge in [0, 0.05) is 7.05 Å². The lowest BCUT2D eigenvalue weighted by Gasteiger charge is -2.02. The molecule has 0 fully saturated rings. The molecule has 0 N–H and O–H groups in total. The number of ether oxygens (including phenoxy) is 1. The molecular formula is C11H12N4O2S. The Morgan fingerprint density at radius 3 is 2.83 bits per heavy atom. The van der Waals surface area contributed by atoms with E-state index in [2.05, 4.69) is 19.8 Å². The normalized spacial score (nSPS) is 10.4. The van der Waals surface area contributed by atoms with E-state index in [0.717, 1.165) is 10.7 Å². The summed E-state index contributed by atoms with van der Waals surface area (Å²) in [6.07, 6.45) is 2.98. The van der Waals surface area contributed by atoms with Crippen molar-refractivity contribution in [3.8, 4) is 0 Å². The van der Waals surface area contributed by atoms with Gasteiger partial charge >= 0.3 is 5.97 Å². The average molecular weight is 264 g/mol. The topological polar surface area (TPSA) is 69.9 Å². The number of carbonyl (C=O) groups is 1. The number of methoxy groups -OCH3 is 1. The summed E-state index contributed by atoms with van der Waals surface area (Å²) in [6.45, 7) is 1.92. The Hall–Kier alpha value is -1.89. The highest BCUT2D eigenvalue weighted by molar-refractivity contribution is 7.99. The van der Waals surface area contributed by atoms with Crippen molar-refractivity contribution in [3.05, 3.63) is 29.8 Å². The first-order valence-electron chi connectivity index (χ1n) is 5.19. The minimum absolute atomic E-state index is 0.196. The average Bonchev–Trinajstić information content (AvgIpc) is 2.67. The fraction of sp³-hybridized carbons (Fsp3) is 0.273. The summed E-state index contributed by atoms with van der Waals surface area (Å²) >= 11 is 1.40. The highest BCUT2D eigenvalue weighted by Crippen LogP contribution is 2.25. The third-order valence-corrected chi connectivity index (χ3v) is 3.17. The van der Waals surface area contributed by atoms with Crippen LogP contribution in [0.3, 0.4) is 0 Å². The minimum Gasteiger partial charge on any atom is -0.464 e. The molecule has 0 spiro atoms. The van der Waals surface area contributed by atoms with Gasteiger partial charge in [-0.25, -0.2) is 9.78 Å². The maximum Gasteiger partial charge on any atom is 0.358 e. The summed E-state index contributed by atoms with van der Waals surface area (Å²) in [5.41, 5.74) is 1.12. The summed E-state index contributed by atoms with van der Waals surface area (Å²) in [5, 5.41) is 5.80. The molecule has 0 radical (unpaired) electrons. The summed E-state index contributed by atoms with van der Waals surface area (Å²) in [7, 11) is 3.17. The zero-order chi connectivity index (χ0) is 13.1. The number of esters is 1. The number of nitrogens with zero attached hydrogens (tertiary/aromatic N) is 4. The lowest BCUT2D eigenvalue weighted by Crippen LogP contribution is -2.05. The van der Waals surface area contributed by atoms with Crippen molar-refractivity contribution >= 4 is 17.7 Å². The molecule has 0 aromatic carbocycles. The second kappa shape index (κ2) is 5.18. The highest BCUT2D eigenvalue weighted by Gasteiger charge is 2.11. The van der Waals surface area contributed by atoms with Crippen LogP contribution in [-0.2, 0) is 11.8 Å². The monoisotopic (exact) mass is 264 g/mol. The first kappa shape index (κ1) is 12.6. The maximum absolute atomic E-state index is 11.3. The molecule has 2 aromatic rings. The molecule has 18 heavy (non-hydrogen) atoms. The maximum atomic E-state index is 11.3. The van der Waals surface area contributed by atoms with E-state index < -0.39 is 5.97 Å². The molecule has 0 saturated heterocycles. The number of hydrogen-bond acceptors (Lipinski definition) is 6. The molecule has 94 valence electrons. The lowest BCUT2D eigenvalue weighted by molar-refractivity contribution is 0.0592. The van der Waals surface area contributed by atoms with Crippen LogP contribution < -0.4 is 0 Å². The van der Waals surface area contributed by atoms with Gasteiger partial charge in [-0.05, 0) is 24.8 Å². The van der Waals surface area contributed by atoms with Crippen LogP contribution in [0.25, 0.3) is 0 Å². The van der Waals surface area contributed by atoms with Gasteiger partial charge in [0.15, 0.2) is 5.69 Å². The van der Waals surface area contributed by atoms with Crippen molar-refractivity contribution in [3.63, 3.8) is 0 Å². The molecule has 0 amide bonds. The number of aryl methyl sites for hydroxylation is 2. The van der Waals surface area contributed by atoms with Crippen LogP contribution in [0, 0.1) is 6.92 Å². The number of rotatable bonds is 3. The van der Waals surface area contributed by atoms with Crippen LogP contribution in [0.5, 0.6) is 0 Å². The third-order valence-electron chi connectivity index (χ3n) is 2.18. The predicted molar refractivity (Wildman–Crippen MR) is 65.4 cm³/mol. The first-order chi connectivity index (χ1) is 8.60. The van der Waals surface area contributed by atoms with E-state index in [9.17, 15) is 4.79 Å². The van der Waals surface area contributed by atoms with Crippen LogP contribution >= 0.6 is 11.8 Å². The second-order valence-electron chi connectivity index (χ2n) is 3.58. The summed E-state index contributed by atoms with van der Waals surface area (Å²) in [4.78, 5) is 19.5. The van der Waals surface area contributed by atoms with Gasteiger partial charge < -0.3 is 4.74 Å². The molecule has 0 bridgehead atoms. The standard InChI is InChI=1S/C11H12N4O2S/c1-7-4-10(15(2)14-7)18-9-6-12-5-8(13-9)11(16)17-3/h4-6H,1-3H3. The molecule has 0 aliphatic rings. The van der Waals surface area contributed by atoms with E-state index in [4.69, 9.17) is 0 Å². The Balaban J connectivity index is 2.24. The summed E-state index contributed by atoms with van der Waals surface area (Å²) < 4.78 is 6.36. The van der Waals surface area contributed by atoms with Crippen molar-refractivity contribution in [1.29, 1.82) is 0 Å². The lowest BCUT2D eigenvalue weighted by atomic mass is 10.5. The molecule has 2 aromatic heterocycles. The van der Waals surface area contributed by atoms with E-state index in [-0.39, 0.29) is 5.69 Å². The molecular weight excluding hydrogens is 252 g/mol. The van der Waals surface area contributed by atoms with E-state index >= 15 is 0 Å². The van der Waals surface area contributed by atoms with E-state index in [1.807, 2.05) is 20.0 Å². The van der Waals surface area contributed by atoms with Crippen molar-refractivity contribution in [2.45, 2.75) is 17.0 Å². The first-order valence-corrected chi connectivity index (χ1v) is 6.00. The van der Waals surface area contributed by atoms with Gasteiger partial charge in [0.05, 0.1) is 25.2 Å². The predicted octanol–water partition coefficient (Wildman–Crippen LogP) is 1.46. The number of aromatic nitrogens is 4. The molecule has 0 atom stereocenters. The number of hydrogen-bond donors (Lipinski definition) is 0. The molecule has 0 aliphatic heterocycles. The Labute approximate surface area is 108 Å². The van der Waals surface area contributed by atoms with Crippen LogP contribution in [0.1, 0.15) is 16.2 Å². The van der Waals surface area contributed by atoms with Gasteiger partial charge in [-0.15, -0.1) is 0 Å². The van der Waals surface area contributed by atoms with Crippen molar-refractivity contribution in [2.75, 3.05) is 7.11 Å². The summed E-state index contributed by atoms with van der Waals surface area (Å²) in [5.74, 6) is -0.494. The zero-order valence-electron chi connectivity index (χ0n) is 10.2. The molecule has 7 heteroatoms. The zero-order valence-corrected chi connectivity index (χ0v) is 11.1. The van der Waals surface area contributed by atoms with Gasteiger partial charge in [0.1, 0.15) is 10.1 Å². The molecule has 6 nitrogen and oxygen atoms in total. The van der Waals surface area contributed by atoms with E-state index in [1.54, 1.807) is 10.9 Å². The van der Waals surface area contributed by atoms with Crippen molar-refractivity contribution in [2.24, 2.45) is 7.05 Å². The third kappa shape index (κ3) is 2.67. The van der Waals surface area contributed by atoms with Crippen LogP contribution in [0.4, 0.5) is 0 Å². The quantitative estimate of drug-likeness (QED) is 0.782. The van der Waals surface area contributed by atoms with Gasteiger partial charge in [0.2, 0.25) is 0 Å². The summed E-state index contributed by atoms with van der Waals surface area (Å²) in [6, 6.07) is 1.94. The van der Waals surface area contributed by atoms with Crippen LogP contribution in [0.15, 0.2) is 28.5 Å². The Kier molecular flexibility index (Phi) is 3.61. The minimum atomic E-state index is -0.494. The van der Waals surface area contributed by atoms with E-state index in [0.29, 0.717) is 5.03 Å². The van der Waals surface area contributed by atoms with Crippen LogP contribution in [-0.4, -0.2) is 32.8 Å². The molecule has 2 heterocycles. The SMILES string of the molecule is COC(=O)c1cncc(Sc2cc(C)nn2C)n1. The Morgan fingerprint density at radius 1 is 1.44 bits per heavy atom. The van der Waals surface area contributed by atoms with Gasteiger partial charge in [-0.3, -0.25) is 9.67 Å².